The zero-order valence-corrected chi connectivity index (χ0v) is 16.8. The number of halogens is 2. The molecule has 1 fully saturated rings. The molecule has 3 rings (SSSR count). The summed E-state index contributed by atoms with van der Waals surface area (Å²) < 4.78 is 10.6. The summed E-state index contributed by atoms with van der Waals surface area (Å²) in [7, 11) is 0. The van der Waals surface area contributed by atoms with E-state index in [-0.39, 0.29) is 10.6 Å². The lowest BCUT2D eigenvalue weighted by Crippen LogP contribution is -2.36. The van der Waals surface area contributed by atoms with Crippen LogP contribution in [0.25, 0.3) is 0 Å². The summed E-state index contributed by atoms with van der Waals surface area (Å²) in [5.41, 5.74) is 1.92. The van der Waals surface area contributed by atoms with Gasteiger partial charge in [0.05, 0.1) is 28.8 Å². The van der Waals surface area contributed by atoms with Crippen molar-refractivity contribution in [1.82, 2.24) is 0 Å². The Morgan fingerprint density at radius 3 is 2.39 bits per heavy atom. The SMILES string of the molecule is CC(OC(=O)c1ccc(Cl)c(Cl)c1)C(=O)Nc1ccc(N2CCOCC2)cc1. The van der Waals surface area contributed by atoms with Gasteiger partial charge >= 0.3 is 5.97 Å². The summed E-state index contributed by atoms with van der Waals surface area (Å²) in [5.74, 6) is -1.07. The highest BCUT2D eigenvalue weighted by molar-refractivity contribution is 6.42. The number of hydrogen-bond donors (Lipinski definition) is 1. The maximum absolute atomic E-state index is 12.3. The molecule has 1 heterocycles. The predicted molar refractivity (Wildman–Crippen MR) is 109 cm³/mol. The number of rotatable bonds is 5. The molecule has 1 N–H and O–H groups in total. The van der Waals surface area contributed by atoms with Gasteiger partial charge < -0.3 is 19.7 Å². The second-order valence-electron chi connectivity index (χ2n) is 6.31. The molecule has 0 aromatic heterocycles. The largest absolute Gasteiger partial charge is 0.449 e. The first-order valence-corrected chi connectivity index (χ1v) is 9.59. The van der Waals surface area contributed by atoms with Crippen LogP contribution in [0.5, 0.6) is 0 Å². The van der Waals surface area contributed by atoms with Gasteiger partial charge in [-0.1, -0.05) is 23.2 Å². The normalized spacial score (nSPS) is 15.0. The third-order valence-corrected chi connectivity index (χ3v) is 5.06. The zero-order valence-electron chi connectivity index (χ0n) is 15.3. The first-order valence-electron chi connectivity index (χ1n) is 8.83. The van der Waals surface area contributed by atoms with Crippen LogP contribution >= 0.6 is 23.2 Å². The number of nitrogens with zero attached hydrogens (tertiary/aromatic N) is 1. The summed E-state index contributed by atoms with van der Waals surface area (Å²) in [6.45, 7) is 4.61. The third kappa shape index (κ3) is 5.16. The van der Waals surface area contributed by atoms with Gasteiger partial charge in [0.25, 0.3) is 5.91 Å². The van der Waals surface area contributed by atoms with Crippen molar-refractivity contribution in [3.8, 4) is 0 Å². The molecule has 6 nitrogen and oxygen atoms in total. The highest BCUT2D eigenvalue weighted by Crippen LogP contribution is 2.23. The van der Waals surface area contributed by atoms with Gasteiger partial charge in [0.2, 0.25) is 0 Å². The number of esters is 1. The molecule has 1 unspecified atom stereocenters. The van der Waals surface area contributed by atoms with E-state index in [2.05, 4.69) is 10.2 Å². The monoisotopic (exact) mass is 422 g/mol. The van der Waals surface area contributed by atoms with Gasteiger partial charge in [-0.3, -0.25) is 4.79 Å². The minimum atomic E-state index is -0.971. The Kier molecular flexibility index (Phi) is 6.78. The molecule has 8 heteroatoms. The summed E-state index contributed by atoms with van der Waals surface area (Å²) >= 11 is 11.7. The van der Waals surface area contributed by atoms with Crippen molar-refractivity contribution in [2.24, 2.45) is 0 Å². The number of ether oxygens (including phenoxy) is 2. The molecule has 0 saturated carbocycles. The van der Waals surface area contributed by atoms with E-state index >= 15 is 0 Å². The molecule has 0 radical (unpaired) electrons. The molecule has 1 aliphatic rings. The minimum Gasteiger partial charge on any atom is -0.449 e. The van der Waals surface area contributed by atoms with Crippen LogP contribution in [0.2, 0.25) is 10.0 Å². The summed E-state index contributed by atoms with van der Waals surface area (Å²) in [6, 6.07) is 11.9. The molecule has 28 heavy (non-hydrogen) atoms. The summed E-state index contributed by atoms with van der Waals surface area (Å²) in [5, 5.41) is 3.32. The van der Waals surface area contributed by atoms with Gasteiger partial charge in [0.1, 0.15) is 0 Å². The van der Waals surface area contributed by atoms with Gasteiger partial charge in [-0.15, -0.1) is 0 Å². The van der Waals surface area contributed by atoms with E-state index in [0.29, 0.717) is 23.9 Å². The number of benzene rings is 2. The van der Waals surface area contributed by atoms with Crippen molar-refractivity contribution in [3.63, 3.8) is 0 Å². The predicted octanol–water partition coefficient (Wildman–Crippen LogP) is 4.01. The molecular weight excluding hydrogens is 403 g/mol. The maximum Gasteiger partial charge on any atom is 0.338 e. The van der Waals surface area contributed by atoms with Gasteiger partial charge in [-0.25, -0.2) is 4.79 Å². The van der Waals surface area contributed by atoms with Crippen molar-refractivity contribution in [2.45, 2.75) is 13.0 Å². The minimum absolute atomic E-state index is 0.226. The highest BCUT2D eigenvalue weighted by Gasteiger charge is 2.20. The van der Waals surface area contributed by atoms with Crippen LogP contribution < -0.4 is 10.2 Å². The van der Waals surface area contributed by atoms with E-state index in [1.165, 1.54) is 25.1 Å². The van der Waals surface area contributed by atoms with Crippen LogP contribution in [0.3, 0.4) is 0 Å². The number of nitrogens with one attached hydrogen (secondary N) is 1. The molecule has 2 aromatic carbocycles. The lowest BCUT2D eigenvalue weighted by Gasteiger charge is -2.28. The molecule has 1 atom stereocenters. The standard InChI is InChI=1S/C20H20Cl2N2O4/c1-13(28-20(26)14-2-7-17(21)18(22)12-14)19(25)23-15-3-5-16(6-4-15)24-8-10-27-11-9-24/h2-7,12-13H,8-11H2,1H3,(H,23,25). The van der Waals surface area contributed by atoms with E-state index in [1.807, 2.05) is 24.3 Å². The molecule has 1 aliphatic heterocycles. The third-order valence-electron chi connectivity index (χ3n) is 4.32. The van der Waals surface area contributed by atoms with Gasteiger partial charge in [-0.2, -0.15) is 0 Å². The van der Waals surface area contributed by atoms with E-state index < -0.39 is 18.0 Å². The number of hydrogen-bond acceptors (Lipinski definition) is 5. The first kappa shape index (κ1) is 20.5. The Morgan fingerprint density at radius 2 is 1.75 bits per heavy atom. The van der Waals surface area contributed by atoms with Crippen LogP contribution in [0.4, 0.5) is 11.4 Å². The summed E-state index contributed by atoms with van der Waals surface area (Å²) in [4.78, 5) is 26.7. The van der Waals surface area contributed by atoms with E-state index in [9.17, 15) is 9.59 Å². The molecule has 148 valence electrons. The van der Waals surface area contributed by atoms with Crippen LogP contribution in [-0.2, 0) is 14.3 Å². The average molecular weight is 423 g/mol. The Hall–Kier alpha value is -2.28. The first-order chi connectivity index (χ1) is 13.4. The zero-order chi connectivity index (χ0) is 20.1. The van der Waals surface area contributed by atoms with Crippen LogP contribution in [0, 0.1) is 0 Å². The Balaban J connectivity index is 1.56. The van der Waals surface area contributed by atoms with Crippen molar-refractivity contribution in [1.29, 1.82) is 0 Å². The van der Waals surface area contributed by atoms with E-state index in [1.54, 1.807) is 0 Å². The quantitative estimate of drug-likeness (QED) is 0.737. The lowest BCUT2D eigenvalue weighted by molar-refractivity contribution is -0.123. The maximum atomic E-state index is 12.3. The topological polar surface area (TPSA) is 67.9 Å². The molecular formula is C20H20Cl2N2O4. The van der Waals surface area contributed by atoms with Crippen LogP contribution in [0.1, 0.15) is 17.3 Å². The highest BCUT2D eigenvalue weighted by atomic mass is 35.5. The number of amides is 1. The molecule has 1 saturated heterocycles. The van der Waals surface area contributed by atoms with E-state index in [4.69, 9.17) is 32.7 Å². The second kappa shape index (κ2) is 9.28. The number of morpholine rings is 1. The van der Waals surface area contributed by atoms with Gasteiger partial charge in [0.15, 0.2) is 6.10 Å². The van der Waals surface area contributed by atoms with Crippen molar-refractivity contribution in [2.75, 3.05) is 36.5 Å². The smallest absolute Gasteiger partial charge is 0.338 e. The fraction of sp³-hybridized carbons (Fsp3) is 0.300. The van der Waals surface area contributed by atoms with Crippen molar-refractivity contribution >= 4 is 46.5 Å². The Labute approximate surface area is 173 Å². The fourth-order valence-electron chi connectivity index (χ4n) is 2.73. The fourth-order valence-corrected chi connectivity index (χ4v) is 3.02. The number of carbonyl (C=O) groups excluding carboxylic acids is 2. The van der Waals surface area contributed by atoms with Crippen LogP contribution in [0.15, 0.2) is 42.5 Å². The Morgan fingerprint density at radius 1 is 1.07 bits per heavy atom. The molecule has 0 spiro atoms. The number of carbonyl (C=O) groups is 2. The molecule has 0 bridgehead atoms. The van der Waals surface area contributed by atoms with E-state index in [0.717, 1.165) is 18.8 Å². The summed E-state index contributed by atoms with van der Waals surface area (Å²) in [6.07, 6.45) is -0.971. The van der Waals surface area contributed by atoms with Crippen molar-refractivity contribution < 1.29 is 19.1 Å². The second-order valence-corrected chi connectivity index (χ2v) is 7.13. The van der Waals surface area contributed by atoms with Crippen molar-refractivity contribution in [3.05, 3.63) is 58.1 Å². The van der Waals surface area contributed by atoms with Crippen LogP contribution in [-0.4, -0.2) is 44.3 Å². The van der Waals surface area contributed by atoms with Gasteiger partial charge in [0, 0.05) is 24.5 Å². The molecule has 1 amide bonds. The average Bonchev–Trinajstić information content (AvgIpc) is 2.71. The van der Waals surface area contributed by atoms with Gasteiger partial charge in [-0.05, 0) is 49.4 Å². The lowest BCUT2D eigenvalue weighted by atomic mass is 10.2. The molecule has 0 aliphatic carbocycles. The number of anilines is 2. The Bertz CT molecular complexity index is 852. The molecule has 2 aromatic rings.